The van der Waals surface area contributed by atoms with Gasteiger partial charge < -0.3 is 19.8 Å². The Morgan fingerprint density at radius 2 is 1.34 bits per heavy atom. The van der Waals surface area contributed by atoms with E-state index in [1.807, 2.05) is 0 Å². The van der Waals surface area contributed by atoms with Gasteiger partial charge in [-0.3, -0.25) is 0 Å². The average Bonchev–Trinajstić information content (AvgIpc) is 3.70. The molecule has 44 heavy (non-hydrogen) atoms. The van der Waals surface area contributed by atoms with Crippen LogP contribution in [0.1, 0.15) is 26.3 Å². The average molecular weight is 667 g/mol. The van der Waals surface area contributed by atoms with Crippen molar-refractivity contribution >= 4 is 23.3 Å². The standard InChI is InChI=1S/C22H17.C17H18N.2CH3.Si.Zr/c1-16-12-20-14-19(17-8-4-2-5-9-17)15-22(21(20)13-16)18-10-6-3-7-11-18;1-12(2)14-10-15-9-13(3)18(17(15)11-14)16-7-5-4-6-8-16;;;;/h2-15H,1H3;4-9,11-13H,1-3H3;2*1H3;;/q4*-1;;. The van der Waals surface area contributed by atoms with Crippen LogP contribution in [0.5, 0.6) is 0 Å². The summed E-state index contributed by atoms with van der Waals surface area (Å²) in [5.74, 6) is 0.539. The second-order valence-corrected chi connectivity index (χ2v) is 11.1. The van der Waals surface area contributed by atoms with Crippen molar-refractivity contribution < 1.29 is 23.3 Å². The molecular weight excluding hydrogens is 626 g/mol. The summed E-state index contributed by atoms with van der Waals surface area (Å²) in [7, 11) is 0. The molecular formula is C41H41NSiZr-4. The summed E-state index contributed by atoms with van der Waals surface area (Å²) >= 11 is 1.36. The van der Waals surface area contributed by atoms with Gasteiger partial charge in [-0.2, -0.15) is 6.07 Å². The Morgan fingerprint density at radius 3 is 1.93 bits per heavy atom. The SMILES string of the molecule is CC(C)C1=[C-]C2=CC(C)N(c3ccccc3)C2=C1.Cc1cc2c(-c3ccccc3)cc(-c3ccccc3)cc2[cH-]1.[CH3-].[CH3-].[Si]=[Zr]. The van der Waals surface area contributed by atoms with E-state index in [0.29, 0.717) is 12.0 Å². The molecule has 1 aliphatic heterocycles. The first-order valence-electron chi connectivity index (χ1n) is 14.5. The monoisotopic (exact) mass is 665 g/mol. The van der Waals surface area contributed by atoms with Crippen LogP contribution in [0.4, 0.5) is 5.69 Å². The molecule has 5 aromatic rings. The van der Waals surface area contributed by atoms with Gasteiger partial charge in [-0.25, -0.2) is 0 Å². The third-order valence-electron chi connectivity index (χ3n) is 7.74. The van der Waals surface area contributed by atoms with Crippen molar-refractivity contribution in [1.29, 1.82) is 0 Å². The van der Waals surface area contributed by atoms with E-state index in [9.17, 15) is 0 Å². The molecule has 1 nitrogen and oxygen atoms in total. The van der Waals surface area contributed by atoms with E-state index < -0.39 is 0 Å². The summed E-state index contributed by atoms with van der Waals surface area (Å²) in [6.45, 7) is 11.9. The molecule has 3 heteroatoms. The van der Waals surface area contributed by atoms with E-state index in [1.54, 1.807) is 0 Å². The Kier molecular flexibility index (Phi) is 12.8. The van der Waals surface area contributed by atoms with E-state index in [2.05, 4.69) is 173 Å². The number of benzene rings is 4. The van der Waals surface area contributed by atoms with E-state index >= 15 is 0 Å². The van der Waals surface area contributed by atoms with Crippen molar-refractivity contribution in [3.63, 3.8) is 0 Å². The fourth-order valence-electron chi connectivity index (χ4n) is 5.74. The zero-order valence-electron chi connectivity index (χ0n) is 26.7. The number of anilines is 1. The van der Waals surface area contributed by atoms with E-state index in [-0.39, 0.29) is 14.9 Å². The van der Waals surface area contributed by atoms with E-state index in [1.165, 1.54) is 84.5 Å². The summed E-state index contributed by atoms with van der Waals surface area (Å²) in [4.78, 5) is 2.39. The molecule has 1 atom stereocenters. The molecule has 0 saturated heterocycles. The predicted octanol–water partition coefficient (Wildman–Crippen LogP) is 10.8. The first-order valence-corrected chi connectivity index (χ1v) is 18.7. The van der Waals surface area contributed by atoms with Gasteiger partial charge >= 0.3 is 30.2 Å². The fraction of sp³-hybridized carbons (Fsp3) is 0.146. The molecule has 0 N–H and O–H groups in total. The quantitative estimate of drug-likeness (QED) is 0.136. The van der Waals surface area contributed by atoms with Gasteiger partial charge in [0.25, 0.3) is 0 Å². The number of rotatable bonds is 4. The number of aryl methyl sites for hydroxylation is 1. The first-order chi connectivity index (χ1) is 20.5. The van der Waals surface area contributed by atoms with Gasteiger partial charge in [-0.05, 0) is 36.1 Å². The van der Waals surface area contributed by atoms with Crippen molar-refractivity contribution in [3.8, 4) is 22.3 Å². The second kappa shape index (κ2) is 16.1. The first kappa shape index (κ1) is 35.1. The van der Waals surface area contributed by atoms with Gasteiger partial charge in [0.15, 0.2) is 0 Å². The number of fused-ring (bicyclic) bond motifs is 2. The van der Waals surface area contributed by atoms with Crippen LogP contribution in [0.2, 0.25) is 0 Å². The van der Waals surface area contributed by atoms with Gasteiger partial charge in [0.1, 0.15) is 0 Å². The summed E-state index contributed by atoms with van der Waals surface area (Å²) < 4.78 is 0. The van der Waals surface area contributed by atoms with Crippen LogP contribution in [0, 0.1) is 33.8 Å². The van der Waals surface area contributed by atoms with Crippen molar-refractivity contribution in [1.82, 2.24) is 0 Å². The van der Waals surface area contributed by atoms with Crippen molar-refractivity contribution in [2.45, 2.75) is 33.7 Å². The molecule has 0 bridgehead atoms. The van der Waals surface area contributed by atoms with Gasteiger partial charge in [-0.1, -0.05) is 123 Å². The summed E-state index contributed by atoms with van der Waals surface area (Å²) in [5.41, 5.74) is 11.6. The molecule has 0 aromatic heterocycles. The minimum atomic E-state index is 0. The van der Waals surface area contributed by atoms with Crippen LogP contribution in [0.25, 0.3) is 33.0 Å². The summed E-state index contributed by atoms with van der Waals surface area (Å²) in [6.07, 6.45) is 8.11. The van der Waals surface area contributed by atoms with Crippen LogP contribution in [-0.4, -0.2) is 12.9 Å². The van der Waals surface area contributed by atoms with Crippen molar-refractivity contribution in [2.24, 2.45) is 5.92 Å². The maximum atomic E-state index is 3.53. The predicted molar refractivity (Wildman–Crippen MR) is 190 cm³/mol. The molecule has 0 spiro atoms. The molecule has 2 aliphatic rings. The van der Waals surface area contributed by atoms with Crippen LogP contribution < -0.4 is 4.90 Å². The van der Waals surface area contributed by atoms with Crippen molar-refractivity contribution in [2.75, 3.05) is 4.90 Å². The Balaban J connectivity index is 0.000000222. The Bertz CT molecular complexity index is 1740. The zero-order chi connectivity index (χ0) is 29.6. The van der Waals surface area contributed by atoms with Crippen LogP contribution in [-0.2, 0) is 23.3 Å². The Hall–Kier alpha value is -3.39. The van der Waals surface area contributed by atoms with Crippen LogP contribution in [0.3, 0.4) is 0 Å². The molecule has 222 valence electrons. The third kappa shape index (κ3) is 7.63. The maximum absolute atomic E-state index is 3.53. The topological polar surface area (TPSA) is 3.24 Å². The van der Waals surface area contributed by atoms with Crippen molar-refractivity contribution in [3.05, 3.63) is 171 Å². The molecule has 0 saturated carbocycles. The van der Waals surface area contributed by atoms with Gasteiger partial charge in [0, 0.05) is 11.7 Å². The molecule has 0 fully saturated rings. The number of para-hydroxylation sites is 1. The number of nitrogens with zero attached hydrogens (tertiary/aromatic N) is 1. The third-order valence-corrected chi connectivity index (χ3v) is 7.74. The molecule has 1 unspecified atom stereocenters. The summed E-state index contributed by atoms with van der Waals surface area (Å²) in [6, 6.07) is 41.4. The van der Waals surface area contributed by atoms with Crippen LogP contribution >= 0.6 is 0 Å². The Morgan fingerprint density at radius 1 is 0.773 bits per heavy atom. The normalized spacial score (nSPS) is 14.5. The second-order valence-electron chi connectivity index (χ2n) is 11.1. The van der Waals surface area contributed by atoms with E-state index in [0.717, 1.165) is 0 Å². The van der Waals surface area contributed by atoms with Gasteiger partial charge in [0.05, 0.1) is 0 Å². The molecule has 1 heterocycles. The van der Waals surface area contributed by atoms with Crippen LogP contribution in [0.15, 0.2) is 144 Å². The van der Waals surface area contributed by atoms with Gasteiger partial charge in [0.2, 0.25) is 0 Å². The van der Waals surface area contributed by atoms with E-state index in [4.69, 9.17) is 0 Å². The molecule has 7 rings (SSSR count). The fourth-order valence-corrected chi connectivity index (χ4v) is 5.74. The minimum absolute atomic E-state index is 0. The van der Waals surface area contributed by atoms with Gasteiger partial charge in [-0.15, -0.1) is 57.8 Å². The Labute approximate surface area is 282 Å². The molecule has 0 amide bonds. The zero-order valence-corrected chi connectivity index (χ0v) is 30.2. The summed E-state index contributed by atoms with van der Waals surface area (Å²) in [5, 5.41) is 2.65. The number of hydrogen-bond acceptors (Lipinski definition) is 1. The molecule has 2 radical (unpaired) electrons. The molecule has 1 aliphatic carbocycles. The number of allylic oxidation sites excluding steroid dienone is 3. The molecule has 5 aromatic carbocycles. The number of hydrogen-bond donors (Lipinski definition) is 0.